The fourth-order valence-corrected chi connectivity index (χ4v) is 2.54. The lowest BCUT2D eigenvalue weighted by molar-refractivity contribution is -0.165. The fraction of sp³-hybridized carbons (Fsp3) is 0.500. The first kappa shape index (κ1) is 18.5. The largest absolute Gasteiger partial charge is 0.465 e. The van der Waals surface area contributed by atoms with Gasteiger partial charge in [0.15, 0.2) is 5.92 Å². The normalized spacial score (nSPS) is 12.3. The van der Waals surface area contributed by atoms with Gasteiger partial charge in [0, 0.05) is 5.02 Å². The van der Waals surface area contributed by atoms with E-state index < -0.39 is 23.9 Å². The van der Waals surface area contributed by atoms with E-state index in [0.717, 1.165) is 0 Å². The predicted molar refractivity (Wildman–Crippen MR) is 84.6 cm³/mol. The van der Waals surface area contributed by atoms with Crippen LogP contribution in [0, 0.1) is 5.92 Å². The van der Waals surface area contributed by atoms with E-state index in [1.165, 1.54) is 0 Å². The molecule has 0 saturated carbocycles. The zero-order valence-electron chi connectivity index (χ0n) is 13.3. The van der Waals surface area contributed by atoms with Crippen molar-refractivity contribution < 1.29 is 19.1 Å². The quantitative estimate of drug-likeness (QED) is 0.569. The number of esters is 2. The molecule has 5 nitrogen and oxygen atoms in total. The summed E-state index contributed by atoms with van der Waals surface area (Å²) in [5.41, 5.74) is 0.681. The second-order valence-corrected chi connectivity index (χ2v) is 5.32. The van der Waals surface area contributed by atoms with Crippen LogP contribution in [0.1, 0.15) is 25.5 Å². The summed E-state index contributed by atoms with van der Waals surface area (Å²) >= 11 is 6.24. The maximum Gasteiger partial charge on any atom is 0.322 e. The van der Waals surface area contributed by atoms with E-state index in [2.05, 4.69) is 0 Å². The Labute approximate surface area is 136 Å². The molecule has 1 atom stereocenters. The standard InChI is InChI=1S/C16H22ClNO4/c1-5-21-15(19)13(16(20)22-6-2)14(18(3)4)11-9-7-8-10-12(11)17/h7-10,13-14H,5-6H2,1-4H3/t14-/m1/s1. The molecule has 1 aromatic carbocycles. The molecular formula is C16H22ClNO4. The second kappa shape index (κ2) is 8.76. The van der Waals surface area contributed by atoms with Gasteiger partial charge in [-0.25, -0.2) is 0 Å². The highest BCUT2D eigenvalue weighted by molar-refractivity contribution is 6.31. The number of nitrogens with zero attached hydrogens (tertiary/aromatic N) is 1. The third-order valence-corrected chi connectivity index (χ3v) is 3.52. The summed E-state index contributed by atoms with van der Waals surface area (Å²) in [6.45, 7) is 3.77. The molecule has 1 rings (SSSR count). The molecule has 0 heterocycles. The number of benzene rings is 1. The Balaban J connectivity index is 3.29. The SMILES string of the molecule is CCOC(=O)C(C(=O)OCC)[C@@H](c1ccccc1Cl)N(C)C. The Morgan fingerprint density at radius 1 is 1.09 bits per heavy atom. The van der Waals surface area contributed by atoms with Gasteiger partial charge in [0.05, 0.1) is 19.3 Å². The summed E-state index contributed by atoms with van der Waals surface area (Å²) in [5.74, 6) is -2.31. The summed E-state index contributed by atoms with van der Waals surface area (Å²) in [7, 11) is 3.55. The zero-order valence-corrected chi connectivity index (χ0v) is 14.1. The number of halogens is 1. The number of carbonyl (C=O) groups is 2. The topological polar surface area (TPSA) is 55.8 Å². The van der Waals surface area contributed by atoms with E-state index in [4.69, 9.17) is 21.1 Å². The lowest BCUT2D eigenvalue weighted by Gasteiger charge is -2.30. The summed E-state index contributed by atoms with van der Waals surface area (Å²) in [5, 5.41) is 0.486. The number of ether oxygens (including phenoxy) is 2. The van der Waals surface area contributed by atoms with Crippen LogP contribution in [-0.2, 0) is 19.1 Å². The molecule has 0 radical (unpaired) electrons. The molecule has 6 heteroatoms. The summed E-state index contributed by atoms with van der Waals surface area (Å²) < 4.78 is 10.1. The first-order chi connectivity index (χ1) is 10.4. The van der Waals surface area contributed by atoms with Crippen molar-refractivity contribution in [2.45, 2.75) is 19.9 Å². The smallest absolute Gasteiger partial charge is 0.322 e. The number of hydrogen-bond donors (Lipinski definition) is 0. The van der Waals surface area contributed by atoms with E-state index in [1.54, 1.807) is 51.0 Å². The van der Waals surface area contributed by atoms with Crippen LogP contribution in [0.15, 0.2) is 24.3 Å². The highest BCUT2D eigenvalue weighted by Gasteiger charge is 2.40. The molecule has 0 amide bonds. The predicted octanol–water partition coefficient (Wildman–Crippen LogP) is 2.69. The minimum absolute atomic E-state index is 0.192. The summed E-state index contributed by atoms with van der Waals surface area (Å²) in [4.78, 5) is 26.4. The van der Waals surface area contributed by atoms with Gasteiger partial charge in [-0.15, -0.1) is 0 Å². The first-order valence-corrected chi connectivity index (χ1v) is 7.55. The van der Waals surface area contributed by atoms with Crippen molar-refractivity contribution in [3.63, 3.8) is 0 Å². The Morgan fingerprint density at radius 3 is 2.00 bits per heavy atom. The highest BCUT2D eigenvalue weighted by Crippen LogP contribution is 2.33. The Morgan fingerprint density at radius 2 is 1.59 bits per heavy atom. The number of carbonyl (C=O) groups excluding carboxylic acids is 2. The van der Waals surface area contributed by atoms with Crippen molar-refractivity contribution in [3.05, 3.63) is 34.9 Å². The van der Waals surface area contributed by atoms with Gasteiger partial charge in [0.1, 0.15) is 0 Å². The van der Waals surface area contributed by atoms with Gasteiger partial charge in [0.2, 0.25) is 0 Å². The van der Waals surface area contributed by atoms with Gasteiger partial charge in [-0.1, -0.05) is 29.8 Å². The minimum Gasteiger partial charge on any atom is -0.465 e. The molecular weight excluding hydrogens is 306 g/mol. The monoisotopic (exact) mass is 327 g/mol. The van der Waals surface area contributed by atoms with Crippen molar-refractivity contribution in [1.82, 2.24) is 4.90 Å². The Hall–Kier alpha value is -1.59. The lowest BCUT2D eigenvalue weighted by atomic mass is 9.92. The molecule has 122 valence electrons. The van der Waals surface area contributed by atoms with Gasteiger partial charge in [-0.2, -0.15) is 0 Å². The Kier molecular flexibility index (Phi) is 7.35. The van der Waals surface area contributed by atoms with Gasteiger partial charge in [-0.05, 0) is 39.6 Å². The van der Waals surface area contributed by atoms with Gasteiger partial charge in [-0.3, -0.25) is 9.59 Å². The van der Waals surface area contributed by atoms with Crippen LogP contribution in [-0.4, -0.2) is 44.1 Å². The third kappa shape index (κ3) is 4.45. The average molecular weight is 328 g/mol. The van der Waals surface area contributed by atoms with Crippen molar-refractivity contribution in [1.29, 1.82) is 0 Å². The first-order valence-electron chi connectivity index (χ1n) is 7.18. The van der Waals surface area contributed by atoms with E-state index in [1.807, 2.05) is 6.07 Å². The van der Waals surface area contributed by atoms with Crippen molar-refractivity contribution in [2.24, 2.45) is 5.92 Å². The van der Waals surface area contributed by atoms with E-state index in [9.17, 15) is 9.59 Å². The maximum absolute atomic E-state index is 12.3. The van der Waals surface area contributed by atoms with Crippen LogP contribution >= 0.6 is 11.6 Å². The molecule has 0 aromatic heterocycles. The summed E-state index contributed by atoms with van der Waals surface area (Å²) in [6.07, 6.45) is 0. The fourth-order valence-electron chi connectivity index (χ4n) is 2.29. The van der Waals surface area contributed by atoms with Gasteiger partial charge < -0.3 is 14.4 Å². The van der Waals surface area contributed by atoms with Crippen molar-refractivity contribution >= 4 is 23.5 Å². The van der Waals surface area contributed by atoms with Gasteiger partial charge >= 0.3 is 11.9 Å². The molecule has 0 aliphatic rings. The van der Waals surface area contributed by atoms with E-state index in [-0.39, 0.29) is 13.2 Å². The second-order valence-electron chi connectivity index (χ2n) is 4.91. The van der Waals surface area contributed by atoms with E-state index in [0.29, 0.717) is 10.6 Å². The summed E-state index contributed by atoms with van der Waals surface area (Å²) in [6, 6.07) is 6.55. The molecule has 0 aliphatic heterocycles. The molecule has 1 aromatic rings. The van der Waals surface area contributed by atoms with Crippen LogP contribution in [0.25, 0.3) is 0 Å². The third-order valence-electron chi connectivity index (χ3n) is 3.18. The molecule has 0 fully saturated rings. The molecule has 0 bridgehead atoms. The van der Waals surface area contributed by atoms with Crippen molar-refractivity contribution in [2.75, 3.05) is 27.3 Å². The molecule has 0 aliphatic carbocycles. The molecule has 0 saturated heterocycles. The van der Waals surface area contributed by atoms with Crippen LogP contribution in [0.2, 0.25) is 5.02 Å². The molecule has 22 heavy (non-hydrogen) atoms. The van der Waals surface area contributed by atoms with Crippen LogP contribution < -0.4 is 0 Å². The molecule has 0 spiro atoms. The zero-order chi connectivity index (χ0) is 16.7. The number of hydrogen-bond acceptors (Lipinski definition) is 5. The maximum atomic E-state index is 12.3. The van der Waals surface area contributed by atoms with E-state index >= 15 is 0 Å². The van der Waals surface area contributed by atoms with Crippen molar-refractivity contribution in [3.8, 4) is 0 Å². The van der Waals surface area contributed by atoms with Crippen LogP contribution in [0.4, 0.5) is 0 Å². The Bertz CT molecular complexity index is 501. The number of rotatable bonds is 7. The minimum atomic E-state index is -1.09. The average Bonchev–Trinajstić information content (AvgIpc) is 2.45. The molecule has 0 unspecified atom stereocenters. The highest BCUT2D eigenvalue weighted by atomic mass is 35.5. The van der Waals surface area contributed by atoms with Crippen LogP contribution in [0.3, 0.4) is 0 Å². The lowest BCUT2D eigenvalue weighted by Crippen LogP contribution is -2.39. The molecule has 0 N–H and O–H groups in total. The van der Waals surface area contributed by atoms with Gasteiger partial charge in [0.25, 0.3) is 0 Å². The van der Waals surface area contributed by atoms with Crippen LogP contribution in [0.5, 0.6) is 0 Å².